The first kappa shape index (κ1) is 25.5. The van der Waals surface area contributed by atoms with Crippen molar-refractivity contribution in [3.63, 3.8) is 0 Å². The van der Waals surface area contributed by atoms with Gasteiger partial charge in [-0.1, -0.05) is 33.3 Å². The van der Waals surface area contributed by atoms with E-state index >= 15 is 0 Å². The van der Waals surface area contributed by atoms with Gasteiger partial charge in [0.2, 0.25) is 0 Å². The highest BCUT2D eigenvalue weighted by Gasteiger charge is 2.88. The Bertz CT molecular complexity index is 1100. The molecule has 0 amide bonds. The van der Waals surface area contributed by atoms with Gasteiger partial charge in [-0.3, -0.25) is 9.69 Å². The molecule has 2 unspecified atom stereocenters. The zero-order valence-electron chi connectivity index (χ0n) is 23.2. The molecule has 4 saturated carbocycles. The van der Waals surface area contributed by atoms with Gasteiger partial charge in [-0.2, -0.15) is 0 Å². The second-order valence-electron chi connectivity index (χ2n) is 15.1. The number of carbonyl (C=O) groups excluding carboxylic acids is 1. The van der Waals surface area contributed by atoms with E-state index in [0.29, 0.717) is 35.8 Å². The molecular weight excluding hydrogens is 484 g/mol. The summed E-state index contributed by atoms with van der Waals surface area (Å²) in [7, 11) is 0. The molecule has 6 fully saturated rings. The van der Waals surface area contributed by atoms with Crippen molar-refractivity contribution in [1.82, 2.24) is 4.90 Å². The summed E-state index contributed by atoms with van der Waals surface area (Å²) < 4.78 is 7.31. The van der Waals surface area contributed by atoms with Gasteiger partial charge >= 0.3 is 0 Å². The number of hydrogen-bond donors (Lipinski definition) is 3. The summed E-state index contributed by atoms with van der Waals surface area (Å²) in [6.45, 7) is 11.1. The topological polar surface area (TPSA) is 108 Å². The number of hydrogen-bond acceptors (Lipinski definition) is 6. The van der Waals surface area contributed by atoms with Crippen LogP contribution in [0.3, 0.4) is 0 Å². The van der Waals surface area contributed by atoms with Crippen LogP contribution in [0.1, 0.15) is 85.5 Å². The quantitative estimate of drug-likeness (QED) is 0.467. The fourth-order valence-corrected chi connectivity index (χ4v) is 12.4. The van der Waals surface area contributed by atoms with E-state index in [1.165, 1.54) is 5.57 Å². The third-order valence-electron chi connectivity index (χ3n) is 13.9. The first-order valence-corrected chi connectivity index (χ1v) is 15.4. The predicted molar refractivity (Wildman–Crippen MR) is 145 cm³/mol. The van der Waals surface area contributed by atoms with Crippen molar-refractivity contribution in [2.75, 3.05) is 19.0 Å². The zero-order chi connectivity index (χ0) is 26.4. The number of allylic oxidation sites excluding steroid dienone is 2. The molecule has 2 heterocycles. The van der Waals surface area contributed by atoms with E-state index in [0.717, 1.165) is 64.5 Å². The maximum atomic E-state index is 12.3. The van der Waals surface area contributed by atoms with Gasteiger partial charge in [0.05, 0.1) is 5.60 Å². The molecule has 0 radical (unpaired) electrons. The molecule has 7 aliphatic rings. The number of carbonyl (C=O) groups is 1. The average molecular weight is 531 g/mol. The first-order valence-electron chi connectivity index (χ1n) is 14.9. The van der Waals surface area contributed by atoms with Crippen LogP contribution in [-0.4, -0.2) is 52.2 Å². The van der Waals surface area contributed by atoms with Crippen LogP contribution in [-0.2, 0) is 9.53 Å². The van der Waals surface area contributed by atoms with Crippen LogP contribution in [0, 0.1) is 39.9 Å². The fraction of sp³-hybridized carbons (Fsp3) is 0.900. The molecule has 5 aliphatic carbocycles. The lowest BCUT2D eigenvalue weighted by Crippen LogP contribution is -2.77. The van der Waals surface area contributed by atoms with Crippen LogP contribution in [0.4, 0.5) is 0 Å². The molecule has 2 saturated heterocycles. The Kier molecular flexibility index (Phi) is 4.97. The van der Waals surface area contributed by atoms with Crippen molar-refractivity contribution in [2.45, 2.75) is 108 Å². The summed E-state index contributed by atoms with van der Waals surface area (Å²) in [5.41, 5.74) is 21.7. The van der Waals surface area contributed by atoms with Crippen molar-refractivity contribution < 1.29 is 9.53 Å². The number of nitrogens with zero attached hydrogens (tertiary/aromatic N) is 1. The van der Waals surface area contributed by atoms with Crippen LogP contribution in [0.2, 0.25) is 0 Å². The Hall–Kier alpha value is -0.500. The smallest absolute Gasteiger partial charge is 0.155 e. The normalized spacial score (nSPS) is 60.3. The number of rotatable bonds is 2. The second-order valence-corrected chi connectivity index (χ2v) is 15.4. The zero-order valence-corrected chi connectivity index (χ0v) is 24.0. The van der Waals surface area contributed by atoms with E-state index in [2.05, 4.69) is 32.6 Å². The van der Waals surface area contributed by atoms with Crippen LogP contribution < -0.4 is 17.2 Å². The minimum atomic E-state index is -0.882. The first-order chi connectivity index (χ1) is 17.3. The lowest BCUT2D eigenvalue weighted by molar-refractivity contribution is -0.199. The number of halogens is 1. The monoisotopic (exact) mass is 530 g/mol. The van der Waals surface area contributed by atoms with Crippen molar-refractivity contribution >= 4 is 17.4 Å². The Labute approximate surface area is 227 Å². The standard InChI is InChI=1S/C30H47ClN4O2/c1-18-14-29(33)30(34,35(16-18)12-11-31)19(2)28(37-29)10-7-22-26(17-25(26,28)4)15-23-24(3)8-6-21(36)13-20(24)5-9-27(22,23)32/h13,18-19,22-23H,5-12,14-17,32-34H2,1-4H3/t18-,19-,22+,23+,24-,25?,26?,27+,28+,29+,30-/m0/s1. The van der Waals surface area contributed by atoms with Gasteiger partial charge in [-0.05, 0) is 86.0 Å². The number of ether oxygens (including phenoxy) is 1. The van der Waals surface area contributed by atoms with Gasteiger partial charge in [-0.25, -0.2) is 0 Å². The fourth-order valence-electron chi connectivity index (χ4n) is 12.2. The average Bonchev–Trinajstić information content (AvgIpc) is 3.31. The summed E-state index contributed by atoms with van der Waals surface area (Å²) in [5, 5.41) is 0. The molecule has 6 nitrogen and oxygen atoms in total. The van der Waals surface area contributed by atoms with Crippen LogP contribution in [0.15, 0.2) is 11.6 Å². The van der Waals surface area contributed by atoms with Gasteiger partial charge in [-0.15, -0.1) is 11.6 Å². The number of ketones is 1. The number of nitrogens with two attached hydrogens (primary N) is 3. The number of fused-ring (bicyclic) bond motifs is 6. The number of likely N-dealkylation sites (tertiary alicyclic amines) is 1. The molecular formula is C30H47ClN4O2. The molecule has 2 spiro atoms. The molecule has 7 rings (SSSR count). The van der Waals surface area contributed by atoms with Crippen LogP contribution >= 0.6 is 11.6 Å². The largest absolute Gasteiger partial charge is 0.350 e. The SMILES string of the molecule is C[C@@H]1CN(CCCl)[C@@]2(N)[C@@H](C)[C@@]3(CC[C@@H]4C5(C[C@H]6[C@@]4(N)CCC4=CC(=O)CC[C@@]46C)CC53C)O[C@]2(N)C1. The predicted octanol–water partition coefficient (Wildman–Crippen LogP) is 3.90. The summed E-state index contributed by atoms with van der Waals surface area (Å²) >= 11 is 6.29. The van der Waals surface area contributed by atoms with Crippen LogP contribution in [0.25, 0.3) is 0 Å². The van der Waals surface area contributed by atoms with Crippen molar-refractivity contribution in [1.29, 1.82) is 0 Å². The minimum Gasteiger partial charge on any atom is -0.350 e. The highest BCUT2D eigenvalue weighted by molar-refractivity contribution is 6.18. The molecule has 0 bridgehead atoms. The van der Waals surface area contributed by atoms with Crippen LogP contribution in [0.5, 0.6) is 0 Å². The second kappa shape index (κ2) is 7.22. The molecule has 0 aromatic rings. The lowest BCUT2D eigenvalue weighted by atomic mass is 9.53. The van der Waals surface area contributed by atoms with E-state index in [-0.39, 0.29) is 33.3 Å². The highest BCUT2D eigenvalue weighted by Crippen LogP contribution is 2.88. The summed E-state index contributed by atoms with van der Waals surface area (Å²) in [6.07, 6.45) is 10.7. The highest BCUT2D eigenvalue weighted by atomic mass is 35.5. The van der Waals surface area contributed by atoms with E-state index in [9.17, 15) is 4.79 Å². The Morgan fingerprint density at radius 1 is 1.08 bits per heavy atom. The molecule has 37 heavy (non-hydrogen) atoms. The van der Waals surface area contributed by atoms with Gasteiger partial charge in [0.25, 0.3) is 0 Å². The number of piperidine rings is 1. The van der Waals surface area contributed by atoms with E-state index in [1.807, 2.05) is 6.08 Å². The number of alkyl halides is 1. The molecule has 7 heteroatoms. The maximum Gasteiger partial charge on any atom is 0.155 e. The van der Waals surface area contributed by atoms with Gasteiger partial charge in [0.15, 0.2) is 5.78 Å². The summed E-state index contributed by atoms with van der Waals surface area (Å²) in [5.74, 6) is 2.26. The third kappa shape index (κ3) is 2.61. The van der Waals surface area contributed by atoms with Gasteiger partial charge in [0, 0.05) is 42.3 Å². The van der Waals surface area contributed by atoms with Gasteiger partial charge in [0.1, 0.15) is 11.4 Å². The van der Waals surface area contributed by atoms with Crippen molar-refractivity contribution in [3.05, 3.63) is 11.6 Å². The minimum absolute atomic E-state index is 0.00270. The third-order valence-corrected chi connectivity index (χ3v) is 14.1. The molecule has 0 aromatic carbocycles. The molecule has 11 atom stereocenters. The molecule has 0 aromatic heterocycles. The maximum absolute atomic E-state index is 12.3. The molecule has 206 valence electrons. The van der Waals surface area contributed by atoms with Crippen molar-refractivity contribution in [2.24, 2.45) is 57.1 Å². The Morgan fingerprint density at radius 2 is 1.84 bits per heavy atom. The summed E-state index contributed by atoms with van der Waals surface area (Å²) in [4.78, 5) is 14.7. The van der Waals surface area contributed by atoms with E-state index < -0.39 is 11.4 Å². The van der Waals surface area contributed by atoms with E-state index in [4.69, 9.17) is 33.5 Å². The molecule has 2 aliphatic heterocycles. The Balaban J connectivity index is 1.29. The van der Waals surface area contributed by atoms with Gasteiger partial charge < -0.3 is 21.9 Å². The Morgan fingerprint density at radius 3 is 2.57 bits per heavy atom. The lowest BCUT2D eigenvalue weighted by Gasteiger charge is -2.55. The van der Waals surface area contributed by atoms with E-state index in [1.54, 1.807) is 0 Å². The molecule has 6 N–H and O–H groups in total. The van der Waals surface area contributed by atoms with Crippen molar-refractivity contribution in [3.8, 4) is 0 Å². The summed E-state index contributed by atoms with van der Waals surface area (Å²) in [6, 6.07) is 0.